The Morgan fingerprint density at radius 2 is 1.83 bits per heavy atom. The Labute approximate surface area is 167 Å². The monoisotopic (exact) mass is 418 g/mol. The maximum atomic E-state index is 13.3. The minimum Gasteiger partial charge on any atom is -0.355 e. The van der Waals surface area contributed by atoms with Crippen LogP contribution in [0.5, 0.6) is 0 Å². The fourth-order valence-electron chi connectivity index (χ4n) is 2.75. The predicted octanol–water partition coefficient (Wildman–Crippen LogP) is 6.15. The van der Waals surface area contributed by atoms with Gasteiger partial charge in [-0.05, 0) is 48.5 Å². The molecule has 4 aromatic rings. The first-order valence-electron chi connectivity index (χ1n) is 8.54. The van der Waals surface area contributed by atoms with Gasteiger partial charge in [0.25, 0.3) is 0 Å². The van der Waals surface area contributed by atoms with E-state index in [2.05, 4.69) is 20.3 Å². The molecule has 0 bridgehead atoms. The summed E-state index contributed by atoms with van der Waals surface area (Å²) < 4.78 is 51.6. The van der Waals surface area contributed by atoms with E-state index in [0.29, 0.717) is 27.7 Å². The number of aromatic nitrogens is 3. The van der Waals surface area contributed by atoms with Gasteiger partial charge in [0, 0.05) is 22.5 Å². The smallest absolute Gasteiger partial charge is 0.355 e. The highest BCUT2D eigenvalue weighted by molar-refractivity contribution is 7.98. The summed E-state index contributed by atoms with van der Waals surface area (Å²) in [6.07, 6.45) is -3.32. The minimum absolute atomic E-state index is 0.333. The molecule has 0 unspecified atom stereocenters. The van der Waals surface area contributed by atoms with Gasteiger partial charge in [-0.3, -0.25) is 4.98 Å². The van der Waals surface area contributed by atoms with Crippen molar-refractivity contribution in [2.45, 2.75) is 16.8 Å². The molecule has 0 fully saturated rings. The van der Waals surface area contributed by atoms with E-state index in [1.807, 2.05) is 18.2 Å². The average Bonchev–Trinajstić information content (AvgIpc) is 3.08. The van der Waals surface area contributed by atoms with E-state index in [1.54, 1.807) is 12.1 Å². The largest absolute Gasteiger partial charge is 0.433 e. The molecule has 0 aliphatic carbocycles. The second-order valence-corrected chi connectivity index (χ2v) is 7.26. The zero-order chi connectivity index (χ0) is 20.4. The van der Waals surface area contributed by atoms with Gasteiger partial charge < -0.3 is 10.3 Å². The number of hydrogen-bond acceptors (Lipinski definition) is 4. The van der Waals surface area contributed by atoms with Crippen LogP contribution in [0, 0.1) is 5.82 Å². The standard InChI is InChI=1S/C20H14F4N4S/c21-12-2-1-3-13(8-12)26-14-4-5-16-17(9-14)28-19(27-16)11-29-15-6-7-25-18(10-15)20(22,23)24/h1-10,26H,11H2,(H,27,28). The van der Waals surface area contributed by atoms with Gasteiger partial charge in [-0.2, -0.15) is 13.2 Å². The van der Waals surface area contributed by atoms with Crippen LogP contribution in [-0.2, 0) is 11.9 Å². The SMILES string of the molecule is Fc1cccc(Nc2ccc3[nH]c(CSc4ccnc(C(F)(F)F)c4)nc3c2)c1. The van der Waals surface area contributed by atoms with Crippen LogP contribution >= 0.6 is 11.8 Å². The number of H-pyrrole nitrogens is 1. The number of aromatic amines is 1. The predicted molar refractivity (Wildman–Crippen MR) is 105 cm³/mol. The molecular weight excluding hydrogens is 404 g/mol. The van der Waals surface area contributed by atoms with Crippen molar-refractivity contribution in [1.82, 2.24) is 15.0 Å². The lowest BCUT2D eigenvalue weighted by Crippen LogP contribution is -2.07. The summed E-state index contributed by atoms with van der Waals surface area (Å²) in [5.74, 6) is 0.682. The third kappa shape index (κ3) is 4.68. The van der Waals surface area contributed by atoms with Gasteiger partial charge in [0.15, 0.2) is 0 Å². The number of hydrogen-bond donors (Lipinski definition) is 2. The Morgan fingerprint density at radius 1 is 1.00 bits per heavy atom. The summed E-state index contributed by atoms with van der Waals surface area (Å²) >= 11 is 1.24. The van der Waals surface area contributed by atoms with E-state index in [-0.39, 0.29) is 5.82 Å². The number of halogens is 4. The number of alkyl halides is 3. The molecule has 4 rings (SSSR count). The third-order valence-electron chi connectivity index (χ3n) is 4.04. The van der Waals surface area contributed by atoms with Crippen LogP contribution in [0.3, 0.4) is 0 Å². The molecule has 2 aromatic heterocycles. The van der Waals surface area contributed by atoms with E-state index < -0.39 is 11.9 Å². The van der Waals surface area contributed by atoms with Crippen LogP contribution < -0.4 is 5.32 Å². The molecule has 0 aliphatic rings. The van der Waals surface area contributed by atoms with Crippen LogP contribution in [0.2, 0.25) is 0 Å². The Hall–Kier alpha value is -3.07. The van der Waals surface area contributed by atoms with Gasteiger partial charge in [-0.15, -0.1) is 11.8 Å². The Kier molecular flexibility index (Phi) is 5.14. The van der Waals surface area contributed by atoms with Crippen molar-refractivity contribution in [2.75, 3.05) is 5.32 Å². The fourth-order valence-corrected chi connectivity index (χ4v) is 3.54. The van der Waals surface area contributed by atoms with Gasteiger partial charge >= 0.3 is 6.18 Å². The molecule has 2 heterocycles. The molecule has 29 heavy (non-hydrogen) atoms. The highest BCUT2D eigenvalue weighted by Gasteiger charge is 2.32. The molecule has 0 radical (unpaired) electrons. The molecule has 2 N–H and O–H groups in total. The van der Waals surface area contributed by atoms with E-state index in [0.717, 1.165) is 23.5 Å². The highest BCUT2D eigenvalue weighted by Crippen LogP contribution is 2.31. The van der Waals surface area contributed by atoms with Crippen LogP contribution in [0.25, 0.3) is 11.0 Å². The second-order valence-electron chi connectivity index (χ2n) is 6.21. The number of nitrogens with zero attached hydrogens (tertiary/aromatic N) is 2. The zero-order valence-electron chi connectivity index (χ0n) is 14.8. The van der Waals surface area contributed by atoms with Crippen LogP contribution in [0.15, 0.2) is 65.7 Å². The lowest BCUT2D eigenvalue weighted by Gasteiger charge is -2.06. The Morgan fingerprint density at radius 3 is 2.62 bits per heavy atom. The molecule has 0 amide bonds. The summed E-state index contributed by atoms with van der Waals surface area (Å²) in [5.41, 5.74) is 1.95. The molecule has 148 valence electrons. The quantitative estimate of drug-likeness (QED) is 0.301. The summed E-state index contributed by atoms with van der Waals surface area (Å²) in [4.78, 5) is 11.5. The molecule has 0 saturated heterocycles. The first kappa shape index (κ1) is 19.3. The number of anilines is 2. The lowest BCUT2D eigenvalue weighted by molar-refractivity contribution is -0.141. The van der Waals surface area contributed by atoms with Crippen molar-refractivity contribution in [1.29, 1.82) is 0 Å². The van der Waals surface area contributed by atoms with E-state index in [1.165, 1.54) is 30.0 Å². The van der Waals surface area contributed by atoms with Gasteiger partial charge in [0.05, 0.1) is 16.8 Å². The van der Waals surface area contributed by atoms with Crippen molar-refractivity contribution >= 4 is 34.2 Å². The van der Waals surface area contributed by atoms with Crippen LogP contribution in [-0.4, -0.2) is 15.0 Å². The maximum absolute atomic E-state index is 13.3. The van der Waals surface area contributed by atoms with E-state index in [4.69, 9.17) is 0 Å². The normalized spacial score (nSPS) is 11.7. The molecule has 0 saturated carbocycles. The summed E-state index contributed by atoms with van der Waals surface area (Å²) in [6.45, 7) is 0. The van der Waals surface area contributed by atoms with Gasteiger partial charge in [-0.25, -0.2) is 9.37 Å². The van der Waals surface area contributed by atoms with E-state index >= 15 is 0 Å². The molecule has 0 spiro atoms. The number of imidazole rings is 1. The van der Waals surface area contributed by atoms with Crippen LogP contribution in [0.4, 0.5) is 28.9 Å². The number of benzene rings is 2. The van der Waals surface area contributed by atoms with Crippen molar-refractivity contribution in [3.8, 4) is 0 Å². The first-order chi connectivity index (χ1) is 13.9. The second kappa shape index (κ2) is 7.75. The van der Waals surface area contributed by atoms with Crippen molar-refractivity contribution < 1.29 is 17.6 Å². The highest BCUT2D eigenvalue weighted by atomic mass is 32.2. The van der Waals surface area contributed by atoms with Crippen molar-refractivity contribution in [3.63, 3.8) is 0 Å². The zero-order valence-corrected chi connectivity index (χ0v) is 15.6. The summed E-state index contributed by atoms with van der Waals surface area (Å²) in [6, 6.07) is 14.2. The first-order valence-corrected chi connectivity index (χ1v) is 9.53. The fraction of sp³-hybridized carbons (Fsp3) is 0.100. The number of thioether (sulfide) groups is 1. The van der Waals surface area contributed by atoms with Gasteiger partial charge in [-0.1, -0.05) is 6.07 Å². The number of rotatable bonds is 5. The lowest BCUT2D eigenvalue weighted by atomic mass is 10.2. The van der Waals surface area contributed by atoms with Crippen molar-refractivity contribution in [2.24, 2.45) is 0 Å². The van der Waals surface area contributed by atoms with E-state index in [9.17, 15) is 17.6 Å². The van der Waals surface area contributed by atoms with Gasteiger partial charge in [0.2, 0.25) is 0 Å². The Balaban J connectivity index is 1.48. The molecule has 4 nitrogen and oxygen atoms in total. The summed E-state index contributed by atoms with van der Waals surface area (Å²) in [7, 11) is 0. The number of nitrogens with one attached hydrogen (secondary N) is 2. The molecule has 9 heteroatoms. The molecule has 2 aromatic carbocycles. The topological polar surface area (TPSA) is 53.6 Å². The minimum atomic E-state index is -4.47. The molecule has 0 atom stereocenters. The maximum Gasteiger partial charge on any atom is 0.433 e. The van der Waals surface area contributed by atoms with Crippen LogP contribution in [0.1, 0.15) is 11.5 Å². The molecular formula is C20H14F4N4S. The summed E-state index contributed by atoms with van der Waals surface area (Å²) in [5, 5.41) is 3.11. The molecule has 0 aliphatic heterocycles. The number of pyridine rings is 1. The average molecular weight is 418 g/mol. The van der Waals surface area contributed by atoms with Gasteiger partial charge in [0.1, 0.15) is 17.3 Å². The number of fused-ring (bicyclic) bond motifs is 1. The third-order valence-corrected chi connectivity index (χ3v) is 5.05. The van der Waals surface area contributed by atoms with Crippen molar-refractivity contribution in [3.05, 3.63) is 78.1 Å². The Bertz CT molecular complexity index is 1160.